The highest BCUT2D eigenvalue weighted by atomic mass is 31.2. The molecule has 2 N–H and O–H groups in total. The van der Waals surface area contributed by atoms with Crippen molar-refractivity contribution in [3.63, 3.8) is 0 Å². The average molecular weight is 467 g/mol. The second-order valence-corrected chi connectivity index (χ2v) is 12.7. The van der Waals surface area contributed by atoms with Gasteiger partial charge in [-0.05, 0) is 105 Å². The Labute approximate surface area is 197 Å². The van der Waals surface area contributed by atoms with Crippen LogP contribution in [-0.4, -0.2) is 22.4 Å². The Kier molecular flexibility index (Phi) is 5.84. The molecule has 4 nitrogen and oxygen atoms in total. The second-order valence-electron chi connectivity index (χ2n) is 10.4. The lowest BCUT2D eigenvalue weighted by Crippen LogP contribution is -2.49. The molecule has 0 aliphatic heterocycles. The summed E-state index contributed by atoms with van der Waals surface area (Å²) < 4.78 is 19.5. The van der Waals surface area contributed by atoms with Crippen molar-refractivity contribution in [2.24, 2.45) is 17.3 Å². The summed E-state index contributed by atoms with van der Waals surface area (Å²) in [6.45, 7) is 4.45. The number of aliphatic hydroxyl groups is 1. The Morgan fingerprint density at radius 2 is 1.91 bits per heavy atom. The zero-order valence-corrected chi connectivity index (χ0v) is 20.5. The number of aryl methyl sites for hydroxylation is 1. The number of benzene rings is 2. The molecule has 0 spiro atoms. The minimum Gasteiger partial charge on any atom is -0.508 e. The summed E-state index contributed by atoms with van der Waals surface area (Å²) in [4.78, 5) is 0. The summed E-state index contributed by atoms with van der Waals surface area (Å²) in [6, 6.07) is 15.2. The number of phenolic OH excluding ortho intramolecular Hbond substituents is 1. The standard InChI is InChI=1S/C28H35O4P/c1-3-32-33(31,22-7-5-4-6-8-22)18-17-28(30)16-14-26-25-11-9-20-19-21(29)10-12-23(20)24(25)13-15-27(26,28)2/h4-8,10,12,17-19,24-26,29-30H,3,9,11,13-16H2,1-2H3/b18-17+/t24-,25-,26+,27+,28-,33?/m1/s1. The minimum atomic E-state index is -3.19. The highest BCUT2D eigenvalue weighted by Gasteiger charge is 2.60. The first-order chi connectivity index (χ1) is 15.8. The molecule has 0 saturated heterocycles. The van der Waals surface area contributed by atoms with Crippen LogP contribution in [0.5, 0.6) is 5.75 Å². The van der Waals surface area contributed by atoms with E-state index in [0.29, 0.717) is 41.8 Å². The van der Waals surface area contributed by atoms with Crippen molar-refractivity contribution in [1.29, 1.82) is 0 Å². The van der Waals surface area contributed by atoms with Crippen molar-refractivity contribution in [1.82, 2.24) is 0 Å². The first-order valence-electron chi connectivity index (χ1n) is 12.3. The van der Waals surface area contributed by atoms with E-state index < -0.39 is 13.0 Å². The lowest BCUT2D eigenvalue weighted by Gasteiger charge is -2.52. The van der Waals surface area contributed by atoms with Crippen LogP contribution in [0.3, 0.4) is 0 Å². The summed E-state index contributed by atoms with van der Waals surface area (Å²) >= 11 is 0. The maximum atomic E-state index is 13.7. The molecule has 6 atom stereocenters. The Morgan fingerprint density at radius 3 is 2.67 bits per heavy atom. The van der Waals surface area contributed by atoms with E-state index in [0.717, 1.165) is 32.1 Å². The predicted octanol–water partition coefficient (Wildman–Crippen LogP) is 6.13. The van der Waals surface area contributed by atoms with Crippen molar-refractivity contribution in [2.75, 3.05) is 6.61 Å². The predicted molar refractivity (Wildman–Crippen MR) is 132 cm³/mol. The van der Waals surface area contributed by atoms with Crippen LogP contribution >= 0.6 is 7.37 Å². The largest absolute Gasteiger partial charge is 0.508 e. The molecule has 5 heteroatoms. The van der Waals surface area contributed by atoms with Crippen molar-refractivity contribution in [3.05, 3.63) is 71.6 Å². The molecule has 0 amide bonds. The SMILES string of the molecule is CCOP(=O)(/C=C/[C@]1(O)CC[C@H]2[C@@H]3CCc4cc(O)ccc4[C@H]3CC[C@@]21C)c1ccccc1. The van der Waals surface area contributed by atoms with Gasteiger partial charge in [-0.3, -0.25) is 4.57 Å². The molecule has 3 aliphatic carbocycles. The molecule has 2 saturated carbocycles. The molecule has 2 aromatic carbocycles. The van der Waals surface area contributed by atoms with E-state index in [1.807, 2.05) is 55.5 Å². The first kappa shape index (κ1) is 22.9. The van der Waals surface area contributed by atoms with Gasteiger partial charge in [-0.15, -0.1) is 0 Å². The molecule has 0 heterocycles. The Hall–Kier alpha value is -1.87. The van der Waals surface area contributed by atoms with Crippen molar-refractivity contribution in [3.8, 4) is 5.75 Å². The number of hydrogen-bond donors (Lipinski definition) is 2. The van der Waals surface area contributed by atoms with E-state index in [2.05, 4.69) is 13.0 Å². The molecule has 33 heavy (non-hydrogen) atoms. The normalized spacial score (nSPS) is 34.9. The van der Waals surface area contributed by atoms with Gasteiger partial charge >= 0.3 is 0 Å². The Morgan fingerprint density at radius 1 is 1.12 bits per heavy atom. The smallest absolute Gasteiger partial charge is 0.254 e. The van der Waals surface area contributed by atoms with Gasteiger partial charge in [0.15, 0.2) is 0 Å². The second kappa shape index (κ2) is 8.41. The molecule has 0 aromatic heterocycles. The number of hydrogen-bond acceptors (Lipinski definition) is 4. The van der Waals surface area contributed by atoms with Gasteiger partial charge < -0.3 is 14.7 Å². The van der Waals surface area contributed by atoms with E-state index in [1.165, 1.54) is 11.1 Å². The number of rotatable bonds is 5. The van der Waals surface area contributed by atoms with Crippen molar-refractivity contribution < 1.29 is 19.3 Å². The quantitative estimate of drug-likeness (QED) is 0.520. The van der Waals surface area contributed by atoms with Gasteiger partial charge in [0, 0.05) is 16.5 Å². The van der Waals surface area contributed by atoms with Crippen molar-refractivity contribution >= 4 is 12.7 Å². The number of fused-ring (bicyclic) bond motifs is 5. The molecule has 0 bridgehead atoms. The van der Waals surface area contributed by atoms with Gasteiger partial charge in [0.25, 0.3) is 7.37 Å². The van der Waals surface area contributed by atoms with Gasteiger partial charge in [-0.25, -0.2) is 0 Å². The molecule has 0 radical (unpaired) electrons. The summed E-state index contributed by atoms with van der Waals surface area (Å²) in [5.41, 5.74) is 1.45. The maximum absolute atomic E-state index is 13.7. The molecule has 176 valence electrons. The number of aromatic hydroxyl groups is 1. The van der Waals surface area contributed by atoms with Crippen LogP contribution in [0.4, 0.5) is 0 Å². The van der Waals surface area contributed by atoms with Crippen LogP contribution in [0.2, 0.25) is 0 Å². The molecular weight excluding hydrogens is 431 g/mol. The molecule has 2 fully saturated rings. The van der Waals surface area contributed by atoms with Crippen LogP contribution in [-0.2, 0) is 15.5 Å². The third kappa shape index (κ3) is 3.71. The first-order valence-corrected chi connectivity index (χ1v) is 14.0. The topological polar surface area (TPSA) is 66.8 Å². The molecule has 5 rings (SSSR count). The van der Waals surface area contributed by atoms with E-state index in [-0.39, 0.29) is 5.41 Å². The van der Waals surface area contributed by atoms with Crippen LogP contribution in [0.1, 0.15) is 63.0 Å². The fourth-order valence-electron chi connectivity index (χ4n) is 7.15. The van der Waals surface area contributed by atoms with Gasteiger partial charge in [0.2, 0.25) is 0 Å². The van der Waals surface area contributed by atoms with E-state index in [1.54, 1.807) is 5.82 Å². The fourth-order valence-corrected chi connectivity index (χ4v) is 8.97. The zero-order valence-electron chi connectivity index (χ0n) is 19.6. The van der Waals surface area contributed by atoms with Crippen LogP contribution in [0.25, 0.3) is 0 Å². The van der Waals surface area contributed by atoms with Gasteiger partial charge in [0.1, 0.15) is 5.75 Å². The third-order valence-electron chi connectivity index (χ3n) is 8.91. The minimum absolute atomic E-state index is 0.243. The van der Waals surface area contributed by atoms with Crippen LogP contribution in [0.15, 0.2) is 60.4 Å². The zero-order chi connectivity index (χ0) is 23.3. The van der Waals surface area contributed by atoms with E-state index in [9.17, 15) is 14.8 Å². The maximum Gasteiger partial charge on any atom is 0.254 e. The highest BCUT2D eigenvalue weighted by Crippen LogP contribution is 2.65. The Balaban J connectivity index is 1.44. The third-order valence-corrected chi connectivity index (χ3v) is 11.1. The molecule has 2 aromatic rings. The van der Waals surface area contributed by atoms with E-state index in [4.69, 9.17) is 4.52 Å². The summed E-state index contributed by atoms with van der Waals surface area (Å²) in [6.07, 6.45) is 7.55. The molecular formula is C28H35O4P. The number of phenols is 1. The van der Waals surface area contributed by atoms with Gasteiger partial charge in [-0.2, -0.15) is 0 Å². The molecule has 1 unspecified atom stereocenters. The summed E-state index contributed by atoms with van der Waals surface area (Å²) in [5.74, 6) is 3.49. The highest BCUT2D eigenvalue weighted by molar-refractivity contribution is 7.70. The lowest BCUT2D eigenvalue weighted by atomic mass is 9.53. The van der Waals surface area contributed by atoms with Crippen molar-refractivity contribution in [2.45, 2.75) is 63.9 Å². The summed E-state index contributed by atoms with van der Waals surface area (Å²) in [7, 11) is -3.19. The monoisotopic (exact) mass is 466 g/mol. The Bertz CT molecular complexity index is 1100. The van der Waals surface area contributed by atoms with E-state index >= 15 is 0 Å². The average Bonchev–Trinajstić information content (AvgIpc) is 3.09. The van der Waals surface area contributed by atoms with Gasteiger partial charge in [0.05, 0.1) is 12.2 Å². The fraction of sp³-hybridized carbons (Fsp3) is 0.500. The van der Waals surface area contributed by atoms with Gasteiger partial charge in [-0.1, -0.05) is 31.2 Å². The molecule has 3 aliphatic rings. The van der Waals surface area contributed by atoms with Crippen LogP contribution in [0, 0.1) is 17.3 Å². The summed E-state index contributed by atoms with van der Waals surface area (Å²) in [5, 5.41) is 22.5. The lowest BCUT2D eigenvalue weighted by molar-refractivity contribution is -0.0709. The van der Waals surface area contributed by atoms with Crippen LogP contribution < -0.4 is 5.30 Å².